The highest BCUT2D eigenvalue weighted by Gasteiger charge is 2.33. The number of hydrogen-bond acceptors (Lipinski definition) is 6. The maximum atomic E-state index is 13.1. The number of rotatable bonds is 11. The summed E-state index contributed by atoms with van der Waals surface area (Å²) in [4.78, 5) is 13.5. The predicted molar refractivity (Wildman–Crippen MR) is 133 cm³/mol. The summed E-state index contributed by atoms with van der Waals surface area (Å²) in [5, 5.41) is 10.1. The molecule has 1 amide bonds. The van der Waals surface area contributed by atoms with Crippen LogP contribution in [0.5, 0.6) is 0 Å². The van der Waals surface area contributed by atoms with Crippen molar-refractivity contribution in [2.75, 3.05) is 26.2 Å². The Morgan fingerprint density at radius 2 is 1.61 bits per heavy atom. The van der Waals surface area contributed by atoms with Crippen LogP contribution in [0.1, 0.15) is 23.1 Å². The molecular weight excluding hydrogens is 547 g/mol. The van der Waals surface area contributed by atoms with E-state index < -0.39 is 44.3 Å². The third-order valence-corrected chi connectivity index (χ3v) is 9.01. The summed E-state index contributed by atoms with van der Waals surface area (Å²) in [6.45, 7) is 2.83. The molecule has 2 aromatic carbocycles. The minimum absolute atomic E-state index is 0.00399. The molecule has 1 unspecified atom stereocenters. The molecule has 0 saturated carbocycles. The van der Waals surface area contributed by atoms with E-state index in [0.29, 0.717) is 17.5 Å². The molecule has 0 spiro atoms. The van der Waals surface area contributed by atoms with Gasteiger partial charge in [-0.1, -0.05) is 30.8 Å². The molecule has 1 heterocycles. The van der Waals surface area contributed by atoms with E-state index in [1.165, 1.54) is 45.6 Å². The number of benzene rings is 2. The Kier molecular flexibility index (Phi) is 9.36. The van der Waals surface area contributed by atoms with E-state index in [0.717, 1.165) is 17.5 Å². The lowest BCUT2D eigenvalue weighted by Gasteiger charge is -2.23. The summed E-state index contributed by atoms with van der Waals surface area (Å²) in [5.41, 5.74) is 0.161. The Morgan fingerprint density at radius 1 is 1.05 bits per heavy atom. The van der Waals surface area contributed by atoms with E-state index in [-0.39, 0.29) is 43.5 Å². The Bertz CT molecular complexity index is 1350. The van der Waals surface area contributed by atoms with E-state index in [4.69, 9.17) is 0 Å². The van der Waals surface area contributed by atoms with E-state index in [2.05, 4.69) is 11.3 Å². The Balaban J connectivity index is 1.66. The molecular formula is C24H28F3N3O6S2. The van der Waals surface area contributed by atoms with Crippen molar-refractivity contribution in [2.24, 2.45) is 5.92 Å². The lowest BCUT2D eigenvalue weighted by atomic mass is 10.1. The van der Waals surface area contributed by atoms with E-state index in [9.17, 15) is 39.9 Å². The average molecular weight is 576 g/mol. The van der Waals surface area contributed by atoms with Gasteiger partial charge in [0.25, 0.3) is 0 Å². The van der Waals surface area contributed by atoms with Gasteiger partial charge in [-0.2, -0.15) is 17.5 Å². The number of aliphatic hydroxyl groups excluding tert-OH is 1. The predicted octanol–water partition coefficient (Wildman–Crippen LogP) is 2.30. The zero-order chi connectivity index (χ0) is 28.1. The van der Waals surface area contributed by atoms with Crippen LogP contribution in [-0.4, -0.2) is 63.3 Å². The van der Waals surface area contributed by atoms with Crippen LogP contribution in [-0.2, 0) is 44.1 Å². The molecule has 208 valence electrons. The first-order valence-electron chi connectivity index (χ1n) is 11.5. The summed E-state index contributed by atoms with van der Waals surface area (Å²) in [7, 11) is -7.44. The van der Waals surface area contributed by atoms with Crippen LogP contribution in [0.25, 0.3) is 0 Å². The van der Waals surface area contributed by atoms with Crippen LogP contribution in [0, 0.1) is 5.92 Å². The Morgan fingerprint density at radius 3 is 2.11 bits per heavy atom. The van der Waals surface area contributed by atoms with Gasteiger partial charge in [-0.15, -0.1) is 0 Å². The van der Waals surface area contributed by atoms with E-state index in [1.807, 2.05) is 0 Å². The van der Waals surface area contributed by atoms with Gasteiger partial charge in [-0.25, -0.2) is 21.6 Å². The largest absolute Gasteiger partial charge is 0.416 e. The van der Waals surface area contributed by atoms with Crippen molar-refractivity contribution in [3.63, 3.8) is 0 Å². The zero-order valence-electron chi connectivity index (χ0n) is 20.3. The molecule has 0 radical (unpaired) electrons. The molecule has 1 fully saturated rings. The number of nitrogens with zero attached hydrogens (tertiary/aromatic N) is 2. The monoisotopic (exact) mass is 575 g/mol. The fourth-order valence-corrected chi connectivity index (χ4v) is 6.08. The minimum Gasteiger partial charge on any atom is -0.387 e. The molecule has 0 aromatic heterocycles. The number of amides is 1. The van der Waals surface area contributed by atoms with Gasteiger partial charge in [0, 0.05) is 38.1 Å². The topological polar surface area (TPSA) is 124 Å². The van der Waals surface area contributed by atoms with Gasteiger partial charge < -0.3 is 10.0 Å². The smallest absolute Gasteiger partial charge is 0.387 e. The standard InChI is InChI=1S/C24H28F3N3O6S2/c1-2-37(33,34)28-13-20-11-12-30(16-20)38(35,36)22-9-5-19(6-10-22)15-29(23(32)17-31)14-18-3-7-21(8-4-18)24(25,26)27/h2-10,20,28,31H,1,11-17H2. The molecule has 3 rings (SSSR count). The van der Waals surface area contributed by atoms with Gasteiger partial charge in [0.1, 0.15) is 6.61 Å². The summed E-state index contributed by atoms with van der Waals surface area (Å²) in [6.07, 6.45) is -4.00. The minimum atomic E-state index is -4.49. The van der Waals surface area contributed by atoms with Gasteiger partial charge in [-0.05, 0) is 47.7 Å². The van der Waals surface area contributed by atoms with Crippen molar-refractivity contribution < 1.29 is 39.9 Å². The third-order valence-electron chi connectivity index (χ3n) is 6.12. The molecule has 38 heavy (non-hydrogen) atoms. The normalized spacial score (nSPS) is 16.9. The fraction of sp³-hybridized carbons (Fsp3) is 0.375. The van der Waals surface area contributed by atoms with Gasteiger partial charge in [-0.3, -0.25) is 4.79 Å². The maximum absolute atomic E-state index is 13.1. The number of carbonyl (C=O) groups excluding carboxylic acids is 1. The first kappa shape index (κ1) is 29.8. The van der Waals surface area contributed by atoms with Crippen molar-refractivity contribution in [2.45, 2.75) is 30.6 Å². The van der Waals surface area contributed by atoms with Crippen molar-refractivity contribution >= 4 is 26.0 Å². The van der Waals surface area contributed by atoms with Crippen LogP contribution < -0.4 is 4.72 Å². The maximum Gasteiger partial charge on any atom is 0.416 e. The molecule has 1 aliphatic rings. The molecule has 0 bridgehead atoms. The van der Waals surface area contributed by atoms with Crippen LogP contribution >= 0.6 is 0 Å². The summed E-state index contributed by atoms with van der Waals surface area (Å²) in [5.74, 6) is -0.834. The van der Waals surface area contributed by atoms with Crippen LogP contribution in [0.4, 0.5) is 13.2 Å². The summed E-state index contributed by atoms with van der Waals surface area (Å²) in [6, 6.07) is 10.1. The molecule has 14 heteroatoms. The van der Waals surface area contributed by atoms with Crippen molar-refractivity contribution in [1.29, 1.82) is 0 Å². The van der Waals surface area contributed by atoms with E-state index >= 15 is 0 Å². The zero-order valence-corrected chi connectivity index (χ0v) is 21.9. The third kappa shape index (κ3) is 7.63. The molecule has 9 nitrogen and oxygen atoms in total. The highest BCUT2D eigenvalue weighted by atomic mass is 32.2. The molecule has 1 aliphatic heterocycles. The lowest BCUT2D eigenvalue weighted by molar-refractivity contribution is -0.138. The number of sulfonamides is 2. The van der Waals surface area contributed by atoms with Crippen molar-refractivity contribution in [3.05, 3.63) is 77.2 Å². The Labute approximate surface area is 219 Å². The number of halogens is 3. The average Bonchev–Trinajstić information content (AvgIpc) is 3.37. The number of alkyl halides is 3. The highest BCUT2D eigenvalue weighted by Crippen LogP contribution is 2.29. The molecule has 2 aromatic rings. The second kappa shape index (κ2) is 11.9. The fourth-order valence-electron chi connectivity index (χ4n) is 3.96. The quantitative estimate of drug-likeness (QED) is 0.424. The number of hydrogen-bond donors (Lipinski definition) is 2. The first-order valence-corrected chi connectivity index (χ1v) is 14.5. The van der Waals surface area contributed by atoms with E-state index in [1.54, 1.807) is 0 Å². The summed E-state index contributed by atoms with van der Waals surface area (Å²) >= 11 is 0. The number of aliphatic hydroxyl groups is 1. The van der Waals surface area contributed by atoms with Crippen LogP contribution in [0.3, 0.4) is 0 Å². The first-order chi connectivity index (χ1) is 17.7. The van der Waals surface area contributed by atoms with Gasteiger partial charge in [0.05, 0.1) is 10.5 Å². The number of carbonyl (C=O) groups is 1. The second-order valence-corrected chi connectivity index (χ2v) is 12.5. The Hall–Kier alpha value is -2.78. The summed E-state index contributed by atoms with van der Waals surface area (Å²) < 4.78 is 91.2. The van der Waals surface area contributed by atoms with Crippen LogP contribution in [0.2, 0.25) is 0 Å². The van der Waals surface area contributed by atoms with Crippen molar-refractivity contribution in [1.82, 2.24) is 13.9 Å². The molecule has 1 atom stereocenters. The van der Waals surface area contributed by atoms with Crippen LogP contribution in [0.15, 0.2) is 65.4 Å². The van der Waals surface area contributed by atoms with Gasteiger partial charge >= 0.3 is 6.18 Å². The highest BCUT2D eigenvalue weighted by molar-refractivity contribution is 7.92. The van der Waals surface area contributed by atoms with Gasteiger partial charge in [0.2, 0.25) is 26.0 Å². The number of nitrogens with one attached hydrogen (secondary N) is 1. The molecule has 1 saturated heterocycles. The molecule has 2 N–H and O–H groups in total. The molecule has 0 aliphatic carbocycles. The lowest BCUT2D eigenvalue weighted by Crippen LogP contribution is -2.33. The SMILES string of the molecule is C=CS(=O)(=O)NCC1CCN(S(=O)(=O)c2ccc(CN(Cc3ccc(C(F)(F)F)cc3)C(=O)CO)cc2)C1. The van der Waals surface area contributed by atoms with Crippen molar-refractivity contribution in [3.8, 4) is 0 Å². The second-order valence-electron chi connectivity index (χ2n) is 8.82. The van der Waals surface area contributed by atoms with Gasteiger partial charge in [0.15, 0.2) is 0 Å².